The van der Waals surface area contributed by atoms with Crippen molar-refractivity contribution in [1.29, 1.82) is 0 Å². The molecule has 3 aromatic rings. The Hall–Kier alpha value is -2.74. The van der Waals surface area contributed by atoms with Gasteiger partial charge in [0.15, 0.2) is 5.82 Å². The molecule has 4 rings (SSSR count). The number of hydrogen-bond donors (Lipinski definition) is 0. The smallest absolute Gasteiger partial charge is 0.168 e. The second-order valence-electron chi connectivity index (χ2n) is 7.43. The molecule has 3 heterocycles. The van der Waals surface area contributed by atoms with Crippen molar-refractivity contribution < 1.29 is 8.81 Å². The van der Waals surface area contributed by atoms with Gasteiger partial charge >= 0.3 is 0 Å². The lowest BCUT2D eigenvalue weighted by Gasteiger charge is -2.39. The van der Waals surface area contributed by atoms with Gasteiger partial charge in [0.05, 0.1) is 12.3 Å². The molecule has 8 heteroatoms. The van der Waals surface area contributed by atoms with Crippen molar-refractivity contribution in [2.75, 3.05) is 31.1 Å². The van der Waals surface area contributed by atoms with Crippen molar-refractivity contribution in [2.24, 2.45) is 0 Å². The van der Waals surface area contributed by atoms with Crippen LogP contribution in [0.15, 0.2) is 47.1 Å². The normalized spacial score (nSPS) is 16.3. The molecule has 0 N–H and O–H groups in total. The molecule has 29 heavy (non-hydrogen) atoms. The molecule has 0 aliphatic carbocycles. The van der Waals surface area contributed by atoms with Crippen molar-refractivity contribution in [1.82, 2.24) is 25.1 Å². The predicted octanol–water partition coefficient (Wildman–Crippen LogP) is 3.51. The van der Waals surface area contributed by atoms with Crippen molar-refractivity contribution >= 4 is 5.69 Å². The number of aromatic nitrogens is 4. The molecule has 1 saturated heterocycles. The van der Waals surface area contributed by atoms with Crippen LogP contribution in [0.2, 0.25) is 0 Å². The molecule has 0 radical (unpaired) electrons. The van der Waals surface area contributed by atoms with Gasteiger partial charge in [-0.1, -0.05) is 19.8 Å². The predicted molar refractivity (Wildman–Crippen MR) is 108 cm³/mol. The highest BCUT2D eigenvalue weighted by atomic mass is 19.1. The quantitative estimate of drug-likeness (QED) is 0.579. The molecule has 0 amide bonds. The zero-order chi connectivity index (χ0) is 20.1. The van der Waals surface area contributed by atoms with Crippen LogP contribution < -0.4 is 4.90 Å². The summed E-state index contributed by atoms with van der Waals surface area (Å²) in [5, 5.41) is 12.5. The molecular formula is C21H27FN6O. The molecule has 1 fully saturated rings. The molecule has 2 aromatic heterocycles. The zero-order valence-corrected chi connectivity index (χ0v) is 16.7. The average Bonchev–Trinajstić information content (AvgIpc) is 3.42. The highest BCUT2D eigenvalue weighted by Crippen LogP contribution is 2.27. The molecule has 1 aliphatic heterocycles. The number of piperazine rings is 1. The maximum atomic E-state index is 13.2. The maximum Gasteiger partial charge on any atom is 0.168 e. The molecule has 0 spiro atoms. The number of halogens is 1. The number of furan rings is 1. The second-order valence-corrected chi connectivity index (χ2v) is 7.43. The van der Waals surface area contributed by atoms with Gasteiger partial charge in [0.1, 0.15) is 18.1 Å². The number of benzene rings is 1. The van der Waals surface area contributed by atoms with Crippen LogP contribution in [0.1, 0.15) is 43.8 Å². The van der Waals surface area contributed by atoms with Crippen LogP contribution >= 0.6 is 0 Å². The third kappa shape index (κ3) is 4.64. The van der Waals surface area contributed by atoms with Crippen LogP contribution in [0.3, 0.4) is 0 Å². The summed E-state index contributed by atoms with van der Waals surface area (Å²) < 4.78 is 20.5. The van der Waals surface area contributed by atoms with E-state index < -0.39 is 0 Å². The molecule has 1 aliphatic rings. The SMILES string of the molecule is CCCCC(c1nnnn1Cc1ccco1)N1CCN(c2ccc(F)cc2)CC1. The first-order chi connectivity index (χ1) is 14.2. The molecule has 1 unspecified atom stereocenters. The summed E-state index contributed by atoms with van der Waals surface area (Å²) in [6, 6.07) is 10.7. The summed E-state index contributed by atoms with van der Waals surface area (Å²) in [4.78, 5) is 4.78. The Labute approximate surface area is 170 Å². The fourth-order valence-corrected chi connectivity index (χ4v) is 3.93. The minimum absolute atomic E-state index is 0.176. The Morgan fingerprint density at radius 3 is 2.59 bits per heavy atom. The average molecular weight is 398 g/mol. The van der Waals surface area contributed by atoms with Crippen LogP contribution in [-0.4, -0.2) is 51.3 Å². The molecule has 154 valence electrons. The Kier molecular flexibility index (Phi) is 6.19. The van der Waals surface area contributed by atoms with Gasteiger partial charge in [0.25, 0.3) is 0 Å². The highest BCUT2D eigenvalue weighted by molar-refractivity contribution is 5.46. The maximum absolute atomic E-state index is 13.2. The Balaban J connectivity index is 1.47. The number of anilines is 1. The lowest BCUT2D eigenvalue weighted by molar-refractivity contribution is 0.162. The van der Waals surface area contributed by atoms with E-state index in [-0.39, 0.29) is 11.9 Å². The van der Waals surface area contributed by atoms with Crippen LogP contribution in [0.5, 0.6) is 0 Å². The van der Waals surface area contributed by atoms with Gasteiger partial charge in [-0.2, -0.15) is 0 Å². The Morgan fingerprint density at radius 2 is 1.90 bits per heavy atom. The first-order valence-electron chi connectivity index (χ1n) is 10.3. The molecule has 0 bridgehead atoms. The summed E-state index contributed by atoms with van der Waals surface area (Å²) in [6.07, 6.45) is 4.94. The third-order valence-corrected chi connectivity index (χ3v) is 5.52. The van der Waals surface area contributed by atoms with Gasteiger partial charge < -0.3 is 9.32 Å². The summed E-state index contributed by atoms with van der Waals surface area (Å²) in [7, 11) is 0. The van der Waals surface area contributed by atoms with Gasteiger partial charge in [-0.05, 0) is 53.2 Å². The highest BCUT2D eigenvalue weighted by Gasteiger charge is 2.29. The second kappa shape index (κ2) is 9.17. The Bertz CT molecular complexity index is 871. The van der Waals surface area contributed by atoms with E-state index in [1.165, 1.54) is 12.1 Å². The first kappa shape index (κ1) is 19.6. The lowest BCUT2D eigenvalue weighted by Crippen LogP contribution is -2.48. The van der Waals surface area contributed by atoms with Gasteiger partial charge in [-0.3, -0.25) is 4.90 Å². The largest absolute Gasteiger partial charge is 0.467 e. The number of tetrazole rings is 1. The number of hydrogen-bond acceptors (Lipinski definition) is 6. The van der Waals surface area contributed by atoms with Crippen LogP contribution in [0, 0.1) is 5.82 Å². The third-order valence-electron chi connectivity index (χ3n) is 5.52. The molecule has 7 nitrogen and oxygen atoms in total. The molecular weight excluding hydrogens is 371 g/mol. The fraction of sp³-hybridized carbons (Fsp3) is 0.476. The number of rotatable bonds is 8. The minimum Gasteiger partial charge on any atom is -0.467 e. The van der Waals surface area contributed by atoms with E-state index in [0.717, 1.165) is 62.7 Å². The van der Waals surface area contributed by atoms with Gasteiger partial charge in [-0.15, -0.1) is 5.10 Å². The topological polar surface area (TPSA) is 63.2 Å². The number of unbranched alkanes of at least 4 members (excludes halogenated alkanes) is 1. The lowest BCUT2D eigenvalue weighted by atomic mass is 10.1. The molecule has 0 saturated carbocycles. The van der Waals surface area contributed by atoms with Crippen molar-refractivity contribution in [2.45, 2.75) is 38.8 Å². The van der Waals surface area contributed by atoms with Gasteiger partial charge in [0.2, 0.25) is 0 Å². The van der Waals surface area contributed by atoms with E-state index in [2.05, 4.69) is 32.2 Å². The van der Waals surface area contributed by atoms with Gasteiger partial charge in [0, 0.05) is 31.9 Å². The number of nitrogens with zero attached hydrogens (tertiary/aromatic N) is 6. The Morgan fingerprint density at radius 1 is 1.10 bits per heavy atom. The van der Waals surface area contributed by atoms with Crippen molar-refractivity contribution in [3.63, 3.8) is 0 Å². The van der Waals surface area contributed by atoms with E-state index in [4.69, 9.17) is 4.42 Å². The van der Waals surface area contributed by atoms with E-state index in [1.807, 2.05) is 28.9 Å². The summed E-state index contributed by atoms with van der Waals surface area (Å²) in [6.45, 7) is 6.36. The van der Waals surface area contributed by atoms with Crippen LogP contribution in [0.25, 0.3) is 0 Å². The zero-order valence-electron chi connectivity index (χ0n) is 16.7. The van der Waals surface area contributed by atoms with Crippen molar-refractivity contribution in [3.05, 3.63) is 60.1 Å². The first-order valence-corrected chi connectivity index (χ1v) is 10.3. The van der Waals surface area contributed by atoms with Crippen molar-refractivity contribution in [3.8, 4) is 0 Å². The standard InChI is InChI=1S/C21H27FN6O/c1-2-3-6-20(21-23-24-25-28(21)16-19-5-4-15-29-19)27-13-11-26(12-14-27)18-9-7-17(22)8-10-18/h4-5,7-10,15,20H,2-3,6,11-14,16H2,1H3. The summed E-state index contributed by atoms with van der Waals surface area (Å²) in [5.74, 6) is 1.54. The van der Waals surface area contributed by atoms with Gasteiger partial charge in [-0.25, -0.2) is 9.07 Å². The van der Waals surface area contributed by atoms with E-state index in [1.54, 1.807) is 6.26 Å². The summed E-state index contributed by atoms with van der Waals surface area (Å²) in [5.41, 5.74) is 1.07. The van der Waals surface area contributed by atoms with Crippen LogP contribution in [-0.2, 0) is 6.54 Å². The fourth-order valence-electron chi connectivity index (χ4n) is 3.93. The monoisotopic (exact) mass is 398 g/mol. The van der Waals surface area contributed by atoms with E-state index >= 15 is 0 Å². The minimum atomic E-state index is -0.199. The van der Waals surface area contributed by atoms with Crippen LogP contribution in [0.4, 0.5) is 10.1 Å². The summed E-state index contributed by atoms with van der Waals surface area (Å²) >= 11 is 0. The van der Waals surface area contributed by atoms with E-state index in [0.29, 0.717) is 6.54 Å². The van der Waals surface area contributed by atoms with E-state index in [9.17, 15) is 4.39 Å². The molecule has 1 atom stereocenters. The molecule has 1 aromatic carbocycles.